The van der Waals surface area contributed by atoms with Crippen LogP contribution in [0, 0.1) is 0 Å². The van der Waals surface area contributed by atoms with E-state index in [0.717, 1.165) is 12.8 Å². The number of rotatable bonds is 8. The predicted octanol–water partition coefficient (Wildman–Crippen LogP) is 5.94. The standard InChI is InChI=1S/2C19H19.C3H6.2ClH.Ti/c2*1-3-5-15-8-10-16(11-9-15)18-7-4-6-17-12-14(2)13-19(17)18;1-3-2;;;/h2*4,6-13H,3,5H2,1-2H3;1-3H2;2*1H;/q;;;;;+2/p-2. The Bertz CT molecular complexity index is 1570. The van der Waals surface area contributed by atoms with Gasteiger partial charge in [-0.15, -0.1) is 0 Å². The van der Waals surface area contributed by atoms with Crippen molar-refractivity contribution in [1.29, 1.82) is 0 Å². The predicted molar refractivity (Wildman–Crippen MR) is 179 cm³/mol. The molecule has 0 saturated carbocycles. The molecule has 0 radical (unpaired) electrons. The van der Waals surface area contributed by atoms with Crippen LogP contribution in [0.4, 0.5) is 0 Å². The third kappa shape index (κ3) is 5.51. The second-order valence-electron chi connectivity index (χ2n) is 13.2. The summed E-state index contributed by atoms with van der Waals surface area (Å²) >= 11 is -2.42. The van der Waals surface area contributed by atoms with Crippen LogP contribution in [0.1, 0.15) is 88.8 Å². The maximum Gasteiger partial charge on any atom is -1.00 e. The van der Waals surface area contributed by atoms with E-state index in [2.05, 4.69) is 125 Å². The molecule has 4 aromatic carbocycles. The Morgan fingerprint density at radius 2 is 0.977 bits per heavy atom. The van der Waals surface area contributed by atoms with E-state index in [1.807, 2.05) is 0 Å². The summed E-state index contributed by atoms with van der Waals surface area (Å²) in [7, 11) is 0. The van der Waals surface area contributed by atoms with Crippen molar-refractivity contribution in [1.82, 2.24) is 0 Å². The van der Waals surface area contributed by atoms with Gasteiger partial charge in [-0.2, -0.15) is 0 Å². The van der Waals surface area contributed by atoms with Gasteiger partial charge in [0.05, 0.1) is 0 Å². The topological polar surface area (TPSA) is 0 Å². The van der Waals surface area contributed by atoms with Gasteiger partial charge >= 0.3 is 258 Å². The van der Waals surface area contributed by atoms with E-state index in [9.17, 15) is 0 Å². The summed E-state index contributed by atoms with van der Waals surface area (Å²) in [6.45, 7) is 9.43. The Kier molecular flexibility index (Phi) is 10.2. The van der Waals surface area contributed by atoms with Gasteiger partial charge in [-0.1, -0.05) is 0 Å². The first-order valence-corrected chi connectivity index (χ1v) is 20.4. The Labute approximate surface area is 281 Å². The normalized spacial score (nSPS) is 18.4. The van der Waals surface area contributed by atoms with Gasteiger partial charge < -0.3 is 24.8 Å². The van der Waals surface area contributed by atoms with Gasteiger partial charge in [-0.25, -0.2) is 0 Å². The van der Waals surface area contributed by atoms with E-state index in [4.69, 9.17) is 0 Å². The molecule has 44 heavy (non-hydrogen) atoms. The first kappa shape index (κ1) is 33.0. The average Bonchev–Trinajstić information content (AvgIpc) is 3.50. The molecule has 1 saturated heterocycles. The van der Waals surface area contributed by atoms with E-state index >= 15 is 0 Å². The minimum Gasteiger partial charge on any atom is -1.00 e. The van der Waals surface area contributed by atoms with E-state index in [1.165, 1.54) is 73.2 Å². The van der Waals surface area contributed by atoms with Crippen LogP contribution in [0.2, 0.25) is 9.45 Å². The van der Waals surface area contributed by atoms with E-state index in [1.54, 1.807) is 22.3 Å². The van der Waals surface area contributed by atoms with Crippen molar-refractivity contribution in [2.45, 2.75) is 77.7 Å². The zero-order valence-electron chi connectivity index (χ0n) is 26.6. The first-order valence-electron chi connectivity index (χ1n) is 16.3. The summed E-state index contributed by atoms with van der Waals surface area (Å²) in [4.78, 5) is 0. The van der Waals surface area contributed by atoms with Crippen molar-refractivity contribution in [2.75, 3.05) is 0 Å². The summed E-state index contributed by atoms with van der Waals surface area (Å²) in [6, 6.07) is 33.1. The number of benzene rings is 4. The summed E-state index contributed by atoms with van der Waals surface area (Å²) in [5.74, 6) is 0. The monoisotopic (exact) mass is 654 g/mol. The molecule has 3 aliphatic rings. The van der Waals surface area contributed by atoms with Crippen molar-refractivity contribution < 1.29 is 41.4 Å². The Morgan fingerprint density at radius 1 is 0.568 bits per heavy atom. The third-order valence-electron chi connectivity index (χ3n) is 10.6. The van der Waals surface area contributed by atoms with Crippen LogP contribution in [0.15, 0.2) is 96.1 Å². The van der Waals surface area contributed by atoms with Crippen LogP contribution in [0.3, 0.4) is 0 Å². The van der Waals surface area contributed by atoms with Crippen LogP contribution in [-0.4, -0.2) is 0 Å². The Morgan fingerprint density at radius 3 is 1.32 bits per heavy atom. The Hall–Kier alpha value is -2.35. The third-order valence-corrected chi connectivity index (χ3v) is 20.6. The zero-order chi connectivity index (χ0) is 28.8. The van der Waals surface area contributed by atoms with Gasteiger partial charge in [0.15, 0.2) is 0 Å². The second kappa shape index (κ2) is 13.6. The molecule has 0 nitrogen and oxygen atoms in total. The molecule has 2 unspecified atom stereocenters. The molecule has 226 valence electrons. The van der Waals surface area contributed by atoms with Crippen LogP contribution in [-0.2, 0) is 29.4 Å². The fourth-order valence-corrected chi connectivity index (χ4v) is 18.7. The largest absolute Gasteiger partial charge is 1.00 e. The molecule has 3 heteroatoms. The Balaban J connectivity index is 0.00000192. The molecule has 0 bridgehead atoms. The molecule has 1 aliphatic heterocycles. The number of allylic oxidation sites excluding steroid dienone is 2. The van der Waals surface area contributed by atoms with Gasteiger partial charge in [0.2, 0.25) is 0 Å². The molecule has 0 spiro atoms. The minimum atomic E-state index is -2.42. The summed E-state index contributed by atoms with van der Waals surface area (Å²) in [5, 5.41) is 0. The molecule has 2 atom stereocenters. The van der Waals surface area contributed by atoms with Crippen molar-refractivity contribution in [3.63, 3.8) is 0 Å². The number of fused-ring (bicyclic) bond motifs is 2. The van der Waals surface area contributed by atoms with E-state index in [0.29, 0.717) is 8.45 Å². The molecule has 2 aliphatic carbocycles. The molecular formula is C41H44Cl2Ti. The second-order valence-corrected chi connectivity index (χ2v) is 20.5. The van der Waals surface area contributed by atoms with Crippen LogP contribution in [0.5, 0.6) is 0 Å². The van der Waals surface area contributed by atoms with Gasteiger partial charge in [-0.05, 0) is 0 Å². The fraction of sp³-hybridized carbons (Fsp3) is 0.317. The molecule has 1 heterocycles. The summed E-state index contributed by atoms with van der Waals surface area (Å²) in [5.41, 5.74) is 18.0. The molecule has 0 aromatic heterocycles. The van der Waals surface area contributed by atoms with E-state index < -0.39 is 16.6 Å². The van der Waals surface area contributed by atoms with Crippen LogP contribution < -0.4 is 24.8 Å². The first-order chi connectivity index (χ1) is 20.5. The van der Waals surface area contributed by atoms with Crippen molar-refractivity contribution in [3.05, 3.63) is 129 Å². The number of hydrogen-bond acceptors (Lipinski definition) is 0. The zero-order valence-corrected chi connectivity index (χ0v) is 29.7. The van der Waals surface area contributed by atoms with Gasteiger partial charge in [0, 0.05) is 0 Å². The quantitative estimate of drug-likeness (QED) is 0.206. The molecule has 7 rings (SSSR count). The average molecular weight is 656 g/mol. The smallest absolute Gasteiger partial charge is 1.00 e. The molecular weight excluding hydrogens is 611 g/mol. The van der Waals surface area contributed by atoms with Crippen LogP contribution in [0.25, 0.3) is 34.4 Å². The van der Waals surface area contributed by atoms with Crippen molar-refractivity contribution >= 4 is 12.2 Å². The minimum absolute atomic E-state index is 0. The number of aryl methyl sites for hydroxylation is 2. The van der Waals surface area contributed by atoms with Gasteiger partial charge in [0.25, 0.3) is 0 Å². The maximum atomic E-state index is 2.57. The van der Waals surface area contributed by atoms with Crippen molar-refractivity contribution in [3.8, 4) is 22.3 Å². The number of halogens is 2. The number of hydrogen-bond donors (Lipinski definition) is 0. The van der Waals surface area contributed by atoms with Gasteiger partial charge in [0.1, 0.15) is 0 Å². The van der Waals surface area contributed by atoms with E-state index in [-0.39, 0.29) is 24.8 Å². The molecule has 0 amide bonds. The SMILES string of the molecule is CCCc1ccc(-c2cccc3c2C=C(C)[CH]3[Ti+2]2([CH]3C(C)=Cc4c(-c5ccc(CCC)cc5)cccc43)[CH2]C[CH2]2)cc1.[Cl-].[Cl-]. The summed E-state index contributed by atoms with van der Waals surface area (Å²) in [6.07, 6.45) is 11.3. The summed E-state index contributed by atoms with van der Waals surface area (Å²) < 4.78 is 4.28. The molecule has 0 N–H and O–H groups in total. The van der Waals surface area contributed by atoms with Crippen molar-refractivity contribution in [2.24, 2.45) is 0 Å². The van der Waals surface area contributed by atoms with Crippen LogP contribution >= 0.6 is 0 Å². The maximum absolute atomic E-state index is 2.57. The molecule has 4 aromatic rings. The fourth-order valence-electron chi connectivity index (χ4n) is 8.74. The van der Waals surface area contributed by atoms with Gasteiger partial charge in [-0.3, -0.25) is 0 Å². The molecule has 1 fully saturated rings.